The van der Waals surface area contributed by atoms with Gasteiger partial charge in [0.15, 0.2) is 9.84 Å². The van der Waals surface area contributed by atoms with E-state index >= 15 is 0 Å². The molecule has 0 saturated heterocycles. The van der Waals surface area contributed by atoms with Crippen molar-refractivity contribution in [2.24, 2.45) is 0 Å². The summed E-state index contributed by atoms with van der Waals surface area (Å²) in [7, 11) is -3.37. The molecule has 0 heterocycles. The Hall–Kier alpha value is -1.85. The van der Waals surface area contributed by atoms with Crippen molar-refractivity contribution in [1.82, 2.24) is 0 Å². The van der Waals surface area contributed by atoms with Gasteiger partial charge in [-0.15, -0.1) is 0 Å². The summed E-state index contributed by atoms with van der Waals surface area (Å²) in [6.45, 7) is 1.92. The monoisotopic (exact) mass is 320 g/mol. The van der Waals surface area contributed by atoms with Gasteiger partial charge in [-0.2, -0.15) is 0 Å². The van der Waals surface area contributed by atoms with E-state index in [1.54, 1.807) is 36.4 Å². The summed E-state index contributed by atoms with van der Waals surface area (Å²) < 4.78 is 29.5. The van der Waals surface area contributed by atoms with E-state index in [-0.39, 0.29) is 18.1 Å². The van der Waals surface area contributed by atoms with Gasteiger partial charge in [0.25, 0.3) is 0 Å². The first-order valence-corrected chi connectivity index (χ1v) is 8.89. The van der Waals surface area contributed by atoms with E-state index in [1.165, 1.54) is 0 Å². The molecule has 22 heavy (non-hydrogen) atoms. The SMILES string of the molecule is Cc1ccc(OCC(O)CS(=O)(=O)Cc2ccccc2)cc1. The minimum atomic E-state index is -3.37. The third-order valence-electron chi connectivity index (χ3n) is 3.14. The third-order valence-corrected chi connectivity index (χ3v) is 4.80. The van der Waals surface area contributed by atoms with Crippen molar-refractivity contribution in [1.29, 1.82) is 0 Å². The molecule has 2 rings (SSSR count). The summed E-state index contributed by atoms with van der Waals surface area (Å²) >= 11 is 0. The van der Waals surface area contributed by atoms with Crippen LogP contribution in [0.2, 0.25) is 0 Å². The van der Waals surface area contributed by atoms with Gasteiger partial charge in [0.2, 0.25) is 0 Å². The molecule has 0 bridgehead atoms. The standard InChI is InChI=1S/C17H20O4S/c1-14-7-9-17(10-8-14)21-11-16(18)13-22(19,20)12-15-5-3-2-4-6-15/h2-10,16,18H,11-13H2,1H3. The second kappa shape index (κ2) is 7.42. The molecule has 1 N–H and O–H groups in total. The topological polar surface area (TPSA) is 63.6 Å². The van der Waals surface area contributed by atoms with Gasteiger partial charge in [0, 0.05) is 0 Å². The molecule has 2 aromatic rings. The lowest BCUT2D eigenvalue weighted by Gasteiger charge is -2.13. The van der Waals surface area contributed by atoms with Crippen molar-refractivity contribution in [3.05, 3.63) is 65.7 Å². The zero-order valence-electron chi connectivity index (χ0n) is 12.5. The predicted molar refractivity (Wildman–Crippen MR) is 86.6 cm³/mol. The molecule has 1 atom stereocenters. The third kappa shape index (κ3) is 5.50. The van der Waals surface area contributed by atoms with E-state index in [9.17, 15) is 13.5 Å². The molecule has 0 amide bonds. The highest BCUT2D eigenvalue weighted by Crippen LogP contribution is 2.12. The molecular weight excluding hydrogens is 300 g/mol. The fourth-order valence-corrected chi connectivity index (χ4v) is 3.56. The van der Waals surface area contributed by atoms with Gasteiger partial charge in [-0.1, -0.05) is 48.0 Å². The van der Waals surface area contributed by atoms with Crippen LogP contribution in [-0.2, 0) is 15.6 Å². The Kier molecular flexibility index (Phi) is 5.57. The minimum Gasteiger partial charge on any atom is -0.491 e. The van der Waals surface area contributed by atoms with E-state index in [4.69, 9.17) is 4.74 Å². The van der Waals surface area contributed by atoms with E-state index in [0.717, 1.165) is 5.56 Å². The average molecular weight is 320 g/mol. The van der Waals surface area contributed by atoms with Crippen molar-refractivity contribution in [2.75, 3.05) is 12.4 Å². The number of hydrogen-bond acceptors (Lipinski definition) is 4. The molecule has 2 aromatic carbocycles. The van der Waals surface area contributed by atoms with Gasteiger partial charge in [0.1, 0.15) is 18.5 Å². The van der Waals surface area contributed by atoms with Crippen LogP contribution in [0.15, 0.2) is 54.6 Å². The van der Waals surface area contributed by atoms with Crippen molar-refractivity contribution in [3.8, 4) is 5.75 Å². The quantitative estimate of drug-likeness (QED) is 0.850. The lowest BCUT2D eigenvalue weighted by Crippen LogP contribution is -2.27. The van der Waals surface area contributed by atoms with E-state index in [2.05, 4.69) is 0 Å². The summed E-state index contributed by atoms with van der Waals surface area (Å²) in [5.41, 5.74) is 1.83. The maximum Gasteiger partial charge on any atom is 0.157 e. The maximum atomic E-state index is 12.1. The number of aliphatic hydroxyl groups excluding tert-OH is 1. The summed E-state index contributed by atoms with van der Waals surface area (Å²) in [6, 6.07) is 16.3. The molecular formula is C17H20O4S. The van der Waals surface area contributed by atoms with Crippen LogP contribution in [0.3, 0.4) is 0 Å². The van der Waals surface area contributed by atoms with Crippen LogP contribution in [0.5, 0.6) is 5.75 Å². The van der Waals surface area contributed by atoms with Crippen LogP contribution in [-0.4, -0.2) is 32.0 Å². The first kappa shape index (κ1) is 16.5. The van der Waals surface area contributed by atoms with Gasteiger partial charge in [-0.25, -0.2) is 8.42 Å². The highest BCUT2D eigenvalue weighted by atomic mass is 32.2. The zero-order chi connectivity index (χ0) is 16.0. The van der Waals surface area contributed by atoms with Gasteiger partial charge in [-0.05, 0) is 24.6 Å². The second-order valence-electron chi connectivity index (χ2n) is 5.32. The number of benzene rings is 2. The first-order valence-electron chi connectivity index (χ1n) is 7.06. The number of rotatable bonds is 7. The van der Waals surface area contributed by atoms with Crippen LogP contribution < -0.4 is 4.74 Å². The number of hydrogen-bond donors (Lipinski definition) is 1. The molecule has 0 aromatic heterocycles. The molecule has 118 valence electrons. The van der Waals surface area contributed by atoms with Crippen LogP contribution in [0.4, 0.5) is 0 Å². The maximum absolute atomic E-state index is 12.1. The molecule has 0 aliphatic carbocycles. The van der Waals surface area contributed by atoms with Gasteiger partial charge >= 0.3 is 0 Å². The fourth-order valence-electron chi connectivity index (χ4n) is 2.06. The van der Waals surface area contributed by atoms with Crippen LogP contribution in [0.25, 0.3) is 0 Å². The lowest BCUT2D eigenvalue weighted by atomic mass is 10.2. The predicted octanol–water partition coefficient (Wildman–Crippen LogP) is 2.35. The molecule has 5 heteroatoms. The Morgan fingerprint density at radius 2 is 1.68 bits per heavy atom. The van der Waals surface area contributed by atoms with E-state index in [1.807, 2.05) is 25.1 Å². The lowest BCUT2D eigenvalue weighted by molar-refractivity contribution is 0.125. The fraction of sp³-hybridized carbons (Fsp3) is 0.294. The number of aryl methyl sites for hydroxylation is 1. The molecule has 0 fully saturated rings. The number of sulfone groups is 1. The van der Waals surface area contributed by atoms with Gasteiger partial charge in [-0.3, -0.25) is 0 Å². The molecule has 0 aliphatic rings. The Bertz CT molecular complexity index is 678. The van der Waals surface area contributed by atoms with E-state index in [0.29, 0.717) is 11.3 Å². The van der Waals surface area contributed by atoms with Crippen LogP contribution in [0.1, 0.15) is 11.1 Å². The normalized spacial score (nSPS) is 12.8. The van der Waals surface area contributed by atoms with Crippen molar-refractivity contribution in [3.63, 3.8) is 0 Å². The largest absolute Gasteiger partial charge is 0.491 e. The van der Waals surface area contributed by atoms with Crippen LogP contribution in [0, 0.1) is 6.92 Å². The molecule has 1 unspecified atom stereocenters. The van der Waals surface area contributed by atoms with Crippen molar-refractivity contribution < 1.29 is 18.3 Å². The summed E-state index contributed by atoms with van der Waals surface area (Å²) in [6.07, 6.45) is -1.05. The summed E-state index contributed by atoms with van der Waals surface area (Å²) in [5, 5.41) is 9.87. The minimum absolute atomic E-state index is 0.0446. The average Bonchev–Trinajstić information content (AvgIpc) is 2.46. The number of aliphatic hydroxyl groups is 1. The summed E-state index contributed by atoms with van der Waals surface area (Å²) in [4.78, 5) is 0. The molecule has 0 radical (unpaired) electrons. The van der Waals surface area contributed by atoms with Gasteiger partial charge < -0.3 is 9.84 Å². The Balaban J connectivity index is 1.85. The second-order valence-corrected chi connectivity index (χ2v) is 7.43. The number of ether oxygens (including phenoxy) is 1. The first-order chi connectivity index (χ1) is 10.4. The molecule has 4 nitrogen and oxygen atoms in total. The molecule has 0 spiro atoms. The highest BCUT2D eigenvalue weighted by Gasteiger charge is 2.18. The Morgan fingerprint density at radius 3 is 2.32 bits per heavy atom. The zero-order valence-corrected chi connectivity index (χ0v) is 13.3. The Labute approximate surface area is 131 Å². The van der Waals surface area contributed by atoms with Crippen LogP contribution >= 0.6 is 0 Å². The summed E-state index contributed by atoms with van der Waals surface area (Å²) in [5.74, 6) is 0.230. The van der Waals surface area contributed by atoms with Gasteiger partial charge in [0.05, 0.1) is 11.5 Å². The Morgan fingerprint density at radius 1 is 1.05 bits per heavy atom. The highest BCUT2D eigenvalue weighted by molar-refractivity contribution is 7.90. The molecule has 0 aliphatic heterocycles. The van der Waals surface area contributed by atoms with Crippen molar-refractivity contribution >= 4 is 9.84 Å². The smallest absolute Gasteiger partial charge is 0.157 e. The molecule has 0 saturated carbocycles. The van der Waals surface area contributed by atoms with E-state index < -0.39 is 15.9 Å². The van der Waals surface area contributed by atoms with Crippen molar-refractivity contribution in [2.45, 2.75) is 18.8 Å².